The molecule has 7 heteroatoms. The van der Waals surface area contributed by atoms with Crippen molar-refractivity contribution in [1.29, 1.82) is 0 Å². The maximum Gasteiger partial charge on any atom is 0.251 e. The van der Waals surface area contributed by atoms with Crippen LogP contribution in [-0.4, -0.2) is 36.8 Å². The number of carbonyl (C=O) groups excluding carboxylic acids is 2. The van der Waals surface area contributed by atoms with E-state index in [-0.39, 0.29) is 37.4 Å². The van der Waals surface area contributed by atoms with Gasteiger partial charge >= 0.3 is 0 Å². The Balaban J connectivity index is 1.46. The molecule has 2 aromatic carbocycles. The van der Waals surface area contributed by atoms with Crippen LogP contribution in [0.4, 0.5) is 0 Å². The third kappa shape index (κ3) is 3.57. The zero-order valence-electron chi connectivity index (χ0n) is 12.7. The Bertz CT molecular complexity index is 775. The lowest BCUT2D eigenvalue weighted by molar-refractivity contribution is 0.0927. The molecule has 0 saturated heterocycles. The third-order valence-electron chi connectivity index (χ3n) is 3.44. The van der Waals surface area contributed by atoms with Crippen LogP contribution in [0.3, 0.4) is 0 Å². The molecule has 7 nitrogen and oxygen atoms in total. The molecule has 24 heavy (non-hydrogen) atoms. The number of hydrogen-bond acceptors (Lipinski definition) is 5. The molecule has 0 aromatic heterocycles. The Labute approximate surface area is 138 Å². The van der Waals surface area contributed by atoms with Crippen LogP contribution in [-0.2, 0) is 0 Å². The first-order valence-corrected chi connectivity index (χ1v) is 7.38. The first-order chi connectivity index (χ1) is 11.6. The molecule has 1 aliphatic heterocycles. The molecule has 1 aliphatic rings. The lowest BCUT2D eigenvalue weighted by atomic mass is 10.2. The average molecular weight is 328 g/mol. The van der Waals surface area contributed by atoms with Gasteiger partial charge in [-0.05, 0) is 36.4 Å². The van der Waals surface area contributed by atoms with E-state index in [1.165, 1.54) is 12.1 Å². The maximum absolute atomic E-state index is 12.1. The smallest absolute Gasteiger partial charge is 0.251 e. The number of ether oxygens (including phenoxy) is 2. The monoisotopic (exact) mass is 328 g/mol. The molecule has 3 rings (SSSR count). The van der Waals surface area contributed by atoms with Crippen LogP contribution in [0.5, 0.6) is 17.2 Å². The average Bonchev–Trinajstić information content (AvgIpc) is 3.06. The molecule has 0 bridgehead atoms. The number of amides is 2. The third-order valence-corrected chi connectivity index (χ3v) is 3.44. The first-order valence-electron chi connectivity index (χ1n) is 7.38. The highest BCUT2D eigenvalue weighted by molar-refractivity contribution is 5.95. The summed E-state index contributed by atoms with van der Waals surface area (Å²) >= 11 is 0. The molecule has 3 N–H and O–H groups in total. The highest BCUT2D eigenvalue weighted by atomic mass is 16.7. The molecule has 124 valence electrons. The molecular formula is C17H16N2O5. The minimum atomic E-state index is -0.316. The molecule has 0 radical (unpaired) electrons. The van der Waals surface area contributed by atoms with Crippen molar-refractivity contribution < 1.29 is 24.2 Å². The predicted octanol–water partition coefficient (Wildman–Crippen LogP) is 1.28. The minimum absolute atomic E-state index is 0.0266. The normalized spacial score (nSPS) is 11.8. The quantitative estimate of drug-likeness (QED) is 0.719. The molecular weight excluding hydrogens is 312 g/mol. The van der Waals surface area contributed by atoms with Crippen molar-refractivity contribution in [1.82, 2.24) is 10.6 Å². The van der Waals surface area contributed by atoms with Crippen LogP contribution in [0.2, 0.25) is 0 Å². The fourth-order valence-electron chi connectivity index (χ4n) is 2.24. The largest absolute Gasteiger partial charge is 0.508 e. The van der Waals surface area contributed by atoms with E-state index >= 15 is 0 Å². The topological polar surface area (TPSA) is 96.9 Å². The molecule has 2 amide bonds. The van der Waals surface area contributed by atoms with Gasteiger partial charge in [0.15, 0.2) is 11.5 Å². The molecule has 0 aliphatic carbocycles. The SMILES string of the molecule is O=C(NCCNC(=O)c1ccc2c(c1)OCO2)c1cccc(O)c1. The summed E-state index contributed by atoms with van der Waals surface area (Å²) in [6.07, 6.45) is 0. The van der Waals surface area contributed by atoms with E-state index in [9.17, 15) is 14.7 Å². The summed E-state index contributed by atoms with van der Waals surface area (Å²) in [7, 11) is 0. The van der Waals surface area contributed by atoms with Gasteiger partial charge in [0.2, 0.25) is 6.79 Å². The van der Waals surface area contributed by atoms with Crippen LogP contribution < -0.4 is 20.1 Å². The number of hydrogen-bond donors (Lipinski definition) is 3. The fraction of sp³-hybridized carbons (Fsp3) is 0.176. The van der Waals surface area contributed by atoms with Gasteiger partial charge in [0.05, 0.1) is 0 Å². The summed E-state index contributed by atoms with van der Waals surface area (Å²) in [5.74, 6) is 0.603. The summed E-state index contributed by atoms with van der Waals surface area (Å²) < 4.78 is 10.4. The van der Waals surface area contributed by atoms with Crippen LogP contribution in [0.25, 0.3) is 0 Å². The number of aromatic hydroxyl groups is 1. The van der Waals surface area contributed by atoms with Gasteiger partial charge in [-0.15, -0.1) is 0 Å². The van der Waals surface area contributed by atoms with E-state index in [2.05, 4.69) is 10.6 Å². The Morgan fingerprint density at radius 3 is 2.29 bits per heavy atom. The Morgan fingerprint density at radius 1 is 0.917 bits per heavy atom. The second kappa shape index (κ2) is 6.91. The molecule has 0 saturated carbocycles. The van der Waals surface area contributed by atoms with Gasteiger partial charge in [-0.1, -0.05) is 6.07 Å². The summed E-state index contributed by atoms with van der Waals surface area (Å²) in [6, 6.07) is 11.0. The molecule has 1 heterocycles. The number of phenols is 1. The highest BCUT2D eigenvalue weighted by Crippen LogP contribution is 2.32. The van der Waals surface area contributed by atoms with Gasteiger partial charge in [-0.3, -0.25) is 9.59 Å². The predicted molar refractivity (Wildman–Crippen MR) is 85.3 cm³/mol. The number of benzene rings is 2. The van der Waals surface area contributed by atoms with E-state index in [1.807, 2.05) is 0 Å². The van der Waals surface area contributed by atoms with Gasteiger partial charge < -0.3 is 25.2 Å². The second-order valence-electron chi connectivity index (χ2n) is 5.13. The van der Waals surface area contributed by atoms with Crippen molar-refractivity contribution in [3.05, 3.63) is 53.6 Å². The number of carbonyl (C=O) groups is 2. The van der Waals surface area contributed by atoms with Gasteiger partial charge in [-0.25, -0.2) is 0 Å². The van der Waals surface area contributed by atoms with Crippen LogP contribution >= 0.6 is 0 Å². The zero-order valence-corrected chi connectivity index (χ0v) is 12.7. The summed E-state index contributed by atoms with van der Waals surface area (Å²) in [5.41, 5.74) is 0.815. The second-order valence-corrected chi connectivity index (χ2v) is 5.13. The Morgan fingerprint density at radius 2 is 1.58 bits per heavy atom. The Kier molecular flexibility index (Phi) is 4.51. The lowest BCUT2D eigenvalue weighted by Gasteiger charge is -2.08. The number of rotatable bonds is 5. The molecule has 0 unspecified atom stereocenters. The molecule has 0 fully saturated rings. The van der Waals surface area contributed by atoms with Crippen molar-refractivity contribution >= 4 is 11.8 Å². The first kappa shape index (κ1) is 15.7. The van der Waals surface area contributed by atoms with E-state index in [1.54, 1.807) is 30.3 Å². The molecule has 2 aromatic rings. The number of nitrogens with one attached hydrogen (secondary N) is 2. The van der Waals surface area contributed by atoms with Crippen molar-refractivity contribution in [3.8, 4) is 17.2 Å². The van der Waals surface area contributed by atoms with Gasteiger partial charge in [0, 0.05) is 24.2 Å². The molecule has 0 spiro atoms. The Hall–Kier alpha value is -3.22. The fourth-order valence-corrected chi connectivity index (χ4v) is 2.24. The van der Waals surface area contributed by atoms with Crippen LogP contribution in [0.1, 0.15) is 20.7 Å². The van der Waals surface area contributed by atoms with E-state index in [0.29, 0.717) is 22.6 Å². The number of fused-ring (bicyclic) bond motifs is 1. The van der Waals surface area contributed by atoms with Gasteiger partial charge in [-0.2, -0.15) is 0 Å². The summed E-state index contributed by atoms with van der Waals surface area (Å²) in [5, 5.41) is 14.7. The summed E-state index contributed by atoms with van der Waals surface area (Å²) in [6.45, 7) is 0.699. The van der Waals surface area contributed by atoms with Crippen molar-refractivity contribution in [2.24, 2.45) is 0 Å². The van der Waals surface area contributed by atoms with E-state index in [0.717, 1.165) is 0 Å². The summed E-state index contributed by atoms with van der Waals surface area (Å²) in [4.78, 5) is 23.9. The van der Waals surface area contributed by atoms with Crippen LogP contribution in [0.15, 0.2) is 42.5 Å². The van der Waals surface area contributed by atoms with Gasteiger partial charge in [0.25, 0.3) is 11.8 Å². The number of phenolic OH excluding ortho intramolecular Hbond substituents is 1. The standard InChI is InChI=1S/C17H16N2O5/c20-13-3-1-2-11(8-13)16(21)18-6-7-19-17(22)12-4-5-14-15(9-12)24-10-23-14/h1-5,8-9,20H,6-7,10H2,(H,18,21)(H,19,22). The molecule has 0 atom stereocenters. The van der Waals surface area contributed by atoms with Crippen molar-refractivity contribution in [2.75, 3.05) is 19.9 Å². The maximum atomic E-state index is 12.1. The van der Waals surface area contributed by atoms with Gasteiger partial charge in [0.1, 0.15) is 5.75 Å². The zero-order chi connectivity index (χ0) is 16.9. The highest BCUT2D eigenvalue weighted by Gasteiger charge is 2.16. The van der Waals surface area contributed by atoms with Crippen molar-refractivity contribution in [2.45, 2.75) is 0 Å². The lowest BCUT2D eigenvalue weighted by Crippen LogP contribution is -2.34. The minimum Gasteiger partial charge on any atom is -0.508 e. The van der Waals surface area contributed by atoms with E-state index in [4.69, 9.17) is 9.47 Å². The van der Waals surface area contributed by atoms with Crippen LogP contribution in [0, 0.1) is 0 Å². The van der Waals surface area contributed by atoms with E-state index < -0.39 is 0 Å². The van der Waals surface area contributed by atoms with Crippen molar-refractivity contribution in [3.63, 3.8) is 0 Å².